The van der Waals surface area contributed by atoms with Gasteiger partial charge in [-0.25, -0.2) is 4.68 Å². The zero-order valence-electron chi connectivity index (χ0n) is 14.7. The van der Waals surface area contributed by atoms with Crippen LogP contribution >= 0.6 is 0 Å². The number of nitrogens with zero attached hydrogens (tertiary/aromatic N) is 2. The molecule has 0 aliphatic carbocycles. The average Bonchev–Trinajstić information content (AvgIpc) is 2.70. The van der Waals surface area contributed by atoms with Gasteiger partial charge in [-0.15, -0.1) is 0 Å². The lowest BCUT2D eigenvalue weighted by atomic mass is 9.87. The van der Waals surface area contributed by atoms with E-state index in [0.29, 0.717) is 31.0 Å². The third-order valence-electron chi connectivity index (χ3n) is 4.57. The molecule has 0 saturated heterocycles. The molecule has 1 N–H and O–H groups in total. The van der Waals surface area contributed by atoms with Gasteiger partial charge >= 0.3 is 0 Å². The van der Waals surface area contributed by atoms with Crippen molar-refractivity contribution in [2.45, 2.75) is 18.9 Å². The number of carbonyl (C=O) groups excluding carboxylic acids is 1. The lowest BCUT2D eigenvalue weighted by Gasteiger charge is -2.27. The molecule has 0 atom stereocenters. The Bertz CT molecular complexity index is 983. The first kappa shape index (κ1) is 17.0. The molecule has 6 heteroatoms. The second kappa shape index (κ2) is 7.45. The van der Waals surface area contributed by atoms with Crippen LogP contribution in [0, 0.1) is 0 Å². The minimum atomic E-state index is -0.413. The van der Waals surface area contributed by atoms with Crippen LogP contribution in [0.1, 0.15) is 23.5 Å². The number of rotatable bonds is 5. The summed E-state index contributed by atoms with van der Waals surface area (Å²) in [6.07, 6.45) is 2.20. The van der Waals surface area contributed by atoms with E-state index in [2.05, 4.69) is 10.4 Å². The molecule has 1 amide bonds. The largest absolute Gasteiger partial charge is 0.457 e. The van der Waals surface area contributed by atoms with Crippen LogP contribution in [0.5, 0.6) is 11.5 Å². The van der Waals surface area contributed by atoms with E-state index in [0.717, 1.165) is 11.1 Å². The van der Waals surface area contributed by atoms with Crippen molar-refractivity contribution >= 4 is 5.91 Å². The standard InChI is InChI=1S/C21H19N3O3/c25-19-11-5-13-23-24(19)14-6-12-22-21(26)20-15-7-1-3-9-17(15)27-18-10-4-2-8-16(18)20/h1-5,7-11,13,20H,6,12,14H2,(H,22,26). The Hall–Kier alpha value is -3.41. The number of aryl methyl sites for hydroxylation is 1. The summed E-state index contributed by atoms with van der Waals surface area (Å²) in [4.78, 5) is 24.6. The second-order valence-electron chi connectivity index (χ2n) is 6.34. The summed E-state index contributed by atoms with van der Waals surface area (Å²) in [6.45, 7) is 0.921. The summed E-state index contributed by atoms with van der Waals surface area (Å²) < 4.78 is 7.32. The van der Waals surface area contributed by atoms with Crippen molar-refractivity contribution in [1.82, 2.24) is 15.1 Å². The zero-order valence-corrected chi connectivity index (χ0v) is 14.7. The molecule has 0 unspecified atom stereocenters. The van der Waals surface area contributed by atoms with E-state index in [1.54, 1.807) is 12.3 Å². The maximum absolute atomic E-state index is 13.0. The molecule has 1 aliphatic heterocycles. The van der Waals surface area contributed by atoms with Crippen molar-refractivity contribution in [1.29, 1.82) is 0 Å². The van der Waals surface area contributed by atoms with E-state index in [9.17, 15) is 9.59 Å². The highest BCUT2D eigenvalue weighted by Gasteiger charge is 2.31. The van der Waals surface area contributed by atoms with Crippen LogP contribution in [-0.2, 0) is 11.3 Å². The van der Waals surface area contributed by atoms with E-state index < -0.39 is 5.92 Å². The molecule has 2 aromatic carbocycles. The Balaban J connectivity index is 1.47. The Morgan fingerprint density at radius 3 is 2.33 bits per heavy atom. The molecule has 0 fully saturated rings. The van der Waals surface area contributed by atoms with Crippen LogP contribution in [0.4, 0.5) is 0 Å². The lowest BCUT2D eigenvalue weighted by molar-refractivity contribution is -0.121. The van der Waals surface area contributed by atoms with Crippen LogP contribution < -0.4 is 15.6 Å². The first-order chi connectivity index (χ1) is 13.2. The molecule has 6 nitrogen and oxygen atoms in total. The highest BCUT2D eigenvalue weighted by atomic mass is 16.5. The molecule has 27 heavy (non-hydrogen) atoms. The van der Waals surface area contributed by atoms with Gasteiger partial charge in [-0.2, -0.15) is 5.10 Å². The minimum absolute atomic E-state index is 0.0773. The van der Waals surface area contributed by atoms with Gasteiger partial charge < -0.3 is 10.1 Å². The number of hydrogen-bond donors (Lipinski definition) is 1. The molecule has 0 saturated carbocycles. The lowest BCUT2D eigenvalue weighted by Crippen LogP contribution is -2.33. The maximum Gasteiger partial charge on any atom is 0.266 e. The van der Waals surface area contributed by atoms with Gasteiger partial charge in [0.1, 0.15) is 11.5 Å². The average molecular weight is 361 g/mol. The number of ether oxygens (including phenoxy) is 1. The van der Waals surface area contributed by atoms with Gasteiger partial charge in [0.2, 0.25) is 5.91 Å². The molecule has 136 valence electrons. The topological polar surface area (TPSA) is 73.2 Å². The molecule has 1 aliphatic rings. The van der Waals surface area contributed by atoms with Crippen LogP contribution in [0.25, 0.3) is 0 Å². The van der Waals surface area contributed by atoms with Gasteiger partial charge in [-0.3, -0.25) is 9.59 Å². The van der Waals surface area contributed by atoms with Crippen LogP contribution in [0.15, 0.2) is 71.7 Å². The van der Waals surface area contributed by atoms with Crippen molar-refractivity contribution in [2.75, 3.05) is 6.54 Å². The van der Waals surface area contributed by atoms with Gasteiger partial charge in [-0.05, 0) is 24.6 Å². The Kier molecular flexibility index (Phi) is 4.70. The Morgan fingerprint density at radius 2 is 1.67 bits per heavy atom. The van der Waals surface area contributed by atoms with Crippen molar-refractivity contribution in [3.05, 3.63) is 88.3 Å². The number of hydrogen-bond acceptors (Lipinski definition) is 4. The fourth-order valence-electron chi connectivity index (χ4n) is 3.29. The van der Waals surface area contributed by atoms with E-state index >= 15 is 0 Å². The fraction of sp³-hybridized carbons (Fsp3) is 0.190. The smallest absolute Gasteiger partial charge is 0.266 e. The SMILES string of the molecule is O=C(NCCCn1ncccc1=O)C1c2ccccc2Oc2ccccc21. The Morgan fingerprint density at radius 1 is 1.00 bits per heavy atom. The van der Waals surface area contributed by atoms with E-state index in [-0.39, 0.29) is 11.5 Å². The first-order valence-electron chi connectivity index (χ1n) is 8.89. The van der Waals surface area contributed by atoms with Gasteiger partial charge in [0.05, 0.1) is 5.92 Å². The predicted molar refractivity (Wildman–Crippen MR) is 101 cm³/mol. The number of benzene rings is 2. The van der Waals surface area contributed by atoms with Crippen molar-refractivity contribution in [2.24, 2.45) is 0 Å². The normalized spacial score (nSPS) is 12.6. The fourth-order valence-corrected chi connectivity index (χ4v) is 3.29. The molecule has 0 radical (unpaired) electrons. The molecule has 2 heterocycles. The number of carbonyl (C=O) groups is 1. The number of nitrogens with one attached hydrogen (secondary N) is 1. The molecule has 3 aromatic rings. The minimum Gasteiger partial charge on any atom is -0.457 e. The third kappa shape index (κ3) is 3.46. The van der Waals surface area contributed by atoms with Gasteiger partial charge in [-0.1, -0.05) is 36.4 Å². The van der Waals surface area contributed by atoms with Gasteiger partial charge in [0.15, 0.2) is 0 Å². The van der Waals surface area contributed by atoms with Crippen molar-refractivity contribution < 1.29 is 9.53 Å². The third-order valence-corrected chi connectivity index (χ3v) is 4.57. The molecule has 1 aromatic heterocycles. The zero-order chi connectivity index (χ0) is 18.6. The van der Waals surface area contributed by atoms with E-state index in [1.807, 2.05) is 48.5 Å². The molecule has 0 spiro atoms. The second-order valence-corrected chi connectivity index (χ2v) is 6.34. The highest BCUT2D eigenvalue weighted by molar-refractivity contribution is 5.89. The van der Waals surface area contributed by atoms with Crippen LogP contribution in [-0.4, -0.2) is 22.2 Å². The maximum atomic E-state index is 13.0. The van der Waals surface area contributed by atoms with Gasteiger partial charge in [0.25, 0.3) is 5.56 Å². The number of aromatic nitrogens is 2. The van der Waals surface area contributed by atoms with E-state index in [1.165, 1.54) is 10.7 Å². The molecule has 4 rings (SSSR count). The van der Waals surface area contributed by atoms with Crippen LogP contribution in [0.3, 0.4) is 0 Å². The highest BCUT2D eigenvalue weighted by Crippen LogP contribution is 2.43. The Labute approximate surface area is 156 Å². The first-order valence-corrected chi connectivity index (χ1v) is 8.89. The van der Waals surface area contributed by atoms with Crippen molar-refractivity contribution in [3.8, 4) is 11.5 Å². The number of fused-ring (bicyclic) bond motifs is 2. The number of amides is 1. The summed E-state index contributed by atoms with van der Waals surface area (Å²) in [6, 6.07) is 18.3. The summed E-state index contributed by atoms with van der Waals surface area (Å²) >= 11 is 0. The van der Waals surface area contributed by atoms with Crippen LogP contribution in [0.2, 0.25) is 0 Å². The van der Waals surface area contributed by atoms with Crippen molar-refractivity contribution in [3.63, 3.8) is 0 Å². The number of para-hydroxylation sites is 2. The summed E-state index contributed by atoms with van der Waals surface area (Å²) in [5.74, 6) is 0.920. The monoisotopic (exact) mass is 361 g/mol. The molecular weight excluding hydrogens is 342 g/mol. The summed E-state index contributed by atoms with van der Waals surface area (Å²) in [5.41, 5.74) is 1.57. The molecular formula is C21H19N3O3. The quantitative estimate of drug-likeness (QED) is 0.709. The summed E-state index contributed by atoms with van der Waals surface area (Å²) in [5, 5.41) is 7.01. The molecule has 0 bridgehead atoms. The predicted octanol–water partition coefficient (Wildman–Crippen LogP) is 2.69. The van der Waals surface area contributed by atoms with Gasteiger partial charge in [0, 0.05) is 36.5 Å². The van der Waals surface area contributed by atoms with E-state index in [4.69, 9.17) is 4.74 Å². The summed E-state index contributed by atoms with van der Waals surface area (Å²) in [7, 11) is 0.